The third-order valence-electron chi connectivity index (χ3n) is 3.21. The van der Waals surface area contributed by atoms with E-state index in [1.807, 2.05) is 0 Å². The summed E-state index contributed by atoms with van der Waals surface area (Å²) in [5.74, 6) is 0.572. The van der Waals surface area contributed by atoms with Gasteiger partial charge in [0.15, 0.2) is 0 Å². The lowest BCUT2D eigenvalue weighted by atomic mass is 9.98. The zero-order chi connectivity index (χ0) is 10.1. The van der Waals surface area contributed by atoms with Gasteiger partial charge in [0, 0.05) is 38.3 Å². The summed E-state index contributed by atoms with van der Waals surface area (Å²) in [6.45, 7) is 7.82. The SMILES string of the molecule is CC1CNCC(C)N1C(=O)C1CNC1.Cl. The molecule has 2 atom stereocenters. The molecule has 0 bridgehead atoms. The van der Waals surface area contributed by atoms with Crippen LogP contribution < -0.4 is 10.6 Å². The van der Waals surface area contributed by atoms with Crippen LogP contribution in [-0.4, -0.2) is 49.1 Å². The molecule has 0 aromatic heterocycles. The summed E-state index contributed by atoms with van der Waals surface area (Å²) in [5.41, 5.74) is 0. The second-order valence-corrected chi connectivity index (χ2v) is 4.46. The van der Waals surface area contributed by atoms with Crippen molar-refractivity contribution < 1.29 is 4.79 Å². The average Bonchev–Trinajstić information content (AvgIpc) is 2.00. The van der Waals surface area contributed by atoms with E-state index >= 15 is 0 Å². The Kier molecular flexibility index (Phi) is 4.37. The van der Waals surface area contributed by atoms with E-state index in [1.54, 1.807) is 0 Å². The number of carbonyl (C=O) groups is 1. The fraction of sp³-hybridized carbons (Fsp3) is 0.900. The first kappa shape index (κ1) is 12.7. The molecule has 2 rings (SSSR count). The van der Waals surface area contributed by atoms with Gasteiger partial charge in [0.05, 0.1) is 5.92 Å². The number of halogens is 1. The molecule has 1 amide bonds. The van der Waals surface area contributed by atoms with E-state index in [4.69, 9.17) is 0 Å². The van der Waals surface area contributed by atoms with Crippen molar-refractivity contribution in [3.05, 3.63) is 0 Å². The number of hydrogen-bond donors (Lipinski definition) is 2. The molecule has 0 aliphatic carbocycles. The zero-order valence-corrected chi connectivity index (χ0v) is 10.1. The molecule has 5 heteroatoms. The van der Waals surface area contributed by atoms with Crippen molar-refractivity contribution >= 4 is 18.3 Å². The maximum absolute atomic E-state index is 12.1. The molecule has 2 heterocycles. The van der Waals surface area contributed by atoms with E-state index in [9.17, 15) is 4.79 Å². The summed E-state index contributed by atoms with van der Waals surface area (Å²) >= 11 is 0. The number of carbonyl (C=O) groups excluding carboxylic acids is 1. The second kappa shape index (κ2) is 5.14. The Morgan fingerprint density at radius 1 is 1.07 bits per heavy atom. The Morgan fingerprint density at radius 3 is 1.93 bits per heavy atom. The highest BCUT2D eigenvalue weighted by Gasteiger charge is 2.35. The van der Waals surface area contributed by atoms with Gasteiger partial charge in [0.2, 0.25) is 5.91 Å². The van der Waals surface area contributed by atoms with Crippen molar-refractivity contribution in [2.45, 2.75) is 25.9 Å². The highest BCUT2D eigenvalue weighted by atomic mass is 35.5. The summed E-state index contributed by atoms with van der Waals surface area (Å²) in [7, 11) is 0. The maximum Gasteiger partial charge on any atom is 0.228 e. The van der Waals surface area contributed by atoms with Crippen LogP contribution in [0.3, 0.4) is 0 Å². The minimum atomic E-state index is 0. The number of piperazine rings is 1. The lowest BCUT2D eigenvalue weighted by Crippen LogP contribution is -2.62. The predicted octanol–water partition coefficient (Wildman–Crippen LogP) is -0.164. The lowest BCUT2D eigenvalue weighted by molar-refractivity contribution is -0.142. The van der Waals surface area contributed by atoms with Crippen LogP contribution in [0, 0.1) is 5.92 Å². The van der Waals surface area contributed by atoms with Gasteiger partial charge in [-0.15, -0.1) is 12.4 Å². The molecule has 0 radical (unpaired) electrons. The van der Waals surface area contributed by atoms with Crippen molar-refractivity contribution in [1.82, 2.24) is 15.5 Å². The van der Waals surface area contributed by atoms with Crippen LogP contribution in [0.15, 0.2) is 0 Å². The van der Waals surface area contributed by atoms with E-state index in [1.165, 1.54) is 0 Å². The zero-order valence-electron chi connectivity index (χ0n) is 9.32. The molecular weight excluding hydrogens is 214 g/mol. The molecule has 2 saturated heterocycles. The lowest BCUT2D eigenvalue weighted by Gasteiger charge is -2.43. The summed E-state index contributed by atoms with van der Waals surface area (Å²) in [6.07, 6.45) is 0. The van der Waals surface area contributed by atoms with Gasteiger partial charge in [-0.2, -0.15) is 0 Å². The molecule has 2 N–H and O–H groups in total. The van der Waals surface area contributed by atoms with E-state index in [2.05, 4.69) is 29.4 Å². The average molecular weight is 234 g/mol. The number of amides is 1. The monoisotopic (exact) mass is 233 g/mol. The van der Waals surface area contributed by atoms with E-state index < -0.39 is 0 Å². The fourth-order valence-electron chi connectivity index (χ4n) is 2.24. The largest absolute Gasteiger partial charge is 0.334 e. The van der Waals surface area contributed by atoms with Gasteiger partial charge in [0.25, 0.3) is 0 Å². The summed E-state index contributed by atoms with van der Waals surface area (Å²) in [4.78, 5) is 14.1. The molecule has 0 aromatic carbocycles. The van der Waals surface area contributed by atoms with Crippen molar-refractivity contribution in [2.24, 2.45) is 5.92 Å². The summed E-state index contributed by atoms with van der Waals surface area (Å²) in [5, 5.41) is 6.48. The van der Waals surface area contributed by atoms with Gasteiger partial charge in [-0.3, -0.25) is 4.79 Å². The molecule has 2 fully saturated rings. The molecule has 0 aromatic rings. The molecule has 2 aliphatic heterocycles. The Hall–Kier alpha value is -0.320. The summed E-state index contributed by atoms with van der Waals surface area (Å²) in [6, 6.07) is 0.679. The van der Waals surface area contributed by atoms with Crippen molar-refractivity contribution in [3.8, 4) is 0 Å². The minimum Gasteiger partial charge on any atom is -0.334 e. The Labute approximate surface area is 97.2 Å². The highest BCUT2D eigenvalue weighted by Crippen LogP contribution is 2.16. The topological polar surface area (TPSA) is 44.4 Å². The number of nitrogens with one attached hydrogen (secondary N) is 2. The third kappa shape index (κ3) is 2.44. The highest BCUT2D eigenvalue weighted by molar-refractivity contribution is 5.85. The molecule has 0 spiro atoms. The normalized spacial score (nSPS) is 31.7. The molecular formula is C10H20ClN3O. The van der Waals surface area contributed by atoms with Crippen molar-refractivity contribution in [2.75, 3.05) is 26.2 Å². The predicted molar refractivity (Wildman–Crippen MR) is 62.2 cm³/mol. The van der Waals surface area contributed by atoms with Crippen LogP contribution in [0.25, 0.3) is 0 Å². The van der Waals surface area contributed by atoms with Crippen molar-refractivity contribution in [3.63, 3.8) is 0 Å². The Bertz CT molecular complexity index is 223. The van der Waals surface area contributed by atoms with Crippen molar-refractivity contribution in [1.29, 1.82) is 0 Å². The van der Waals surface area contributed by atoms with Crippen LogP contribution in [0.5, 0.6) is 0 Å². The molecule has 2 aliphatic rings. The smallest absolute Gasteiger partial charge is 0.228 e. The van der Waals surface area contributed by atoms with E-state index in [0.29, 0.717) is 18.0 Å². The number of hydrogen-bond acceptors (Lipinski definition) is 3. The molecule has 0 saturated carbocycles. The quantitative estimate of drug-likeness (QED) is 0.662. The number of rotatable bonds is 1. The maximum atomic E-state index is 12.1. The van der Waals surface area contributed by atoms with Gasteiger partial charge in [-0.25, -0.2) is 0 Å². The Balaban J connectivity index is 0.00000112. The van der Waals surface area contributed by atoms with Crippen LogP contribution in [0.2, 0.25) is 0 Å². The second-order valence-electron chi connectivity index (χ2n) is 4.46. The first-order valence-electron chi connectivity index (χ1n) is 5.43. The minimum absolute atomic E-state index is 0. The third-order valence-corrected chi connectivity index (χ3v) is 3.21. The van der Waals surface area contributed by atoms with E-state index in [0.717, 1.165) is 26.2 Å². The number of nitrogens with zero attached hydrogens (tertiary/aromatic N) is 1. The van der Waals surface area contributed by atoms with Crippen LogP contribution in [-0.2, 0) is 4.79 Å². The molecule has 4 nitrogen and oxygen atoms in total. The first-order chi connectivity index (χ1) is 6.70. The van der Waals surface area contributed by atoms with Gasteiger partial charge in [0.1, 0.15) is 0 Å². The molecule has 2 unspecified atom stereocenters. The first-order valence-corrected chi connectivity index (χ1v) is 5.43. The van der Waals surface area contributed by atoms with Crippen LogP contribution in [0.1, 0.15) is 13.8 Å². The van der Waals surface area contributed by atoms with Gasteiger partial charge < -0.3 is 15.5 Å². The van der Waals surface area contributed by atoms with Crippen LogP contribution in [0.4, 0.5) is 0 Å². The molecule has 15 heavy (non-hydrogen) atoms. The Morgan fingerprint density at radius 2 is 1.53 bits per heavy atom. The summed E-state index contributed by atoms with van der Waals surface area (Å²) < 4.78 is 0. The van der Waals surface area contributed by atoms with E-state index in [-0.39, 0.29) is 18.3 Å². The van der Waals surface area contributed by atoms with Crippen LogP contribution >= 0.6 is 12.4 Å². The van der Waals surface area contributed by atoms with Gasteiger partial charge in [-0.1, -0.05) is 0 Å². The molecule has 88 valence electrons. The standard InChI is InChI=1S/C10H19N3O.ClH/c1-7-3-11-4-8(2)13(7)10(14)9-5-12-6-9;/h7-9,11-12H,3-6H2,1-2H3;1H. The fourth-order valence-corrected chi connectivity index (χ4v) is 2.24. The van der Waals surface area contributed by atoms with Gasteiger partial charge in [-0.05, 0) is 13.8 Å². The van der Waals surface area contributed by atoms with Gasteiger partial charge >= 0.3 is 0 Å².